The normalized spacial score (nSPS) is 12.4. The number of amides is 1. The highest BCUT2D eigenvalue weighted by Gasteiger charge is 2.29. The quantitative estimate of drug-likeness (QED) is 0.0812. The molecule has 0 aromatic heterocycles. The number of rotatable bonds is 18. The Balaban J connectivity index is 1.20. The van der Waals surface area contributed by atoms with Crippen molar-refractivity contribution in [1.29, 1.82) is 0 Å². The summed E-state index contributed by atoms with van der Waals surface area (Å²) < 4.78 is 22.1. The lowest BCUT2D eigenvalue weighted by Crippen LogP contribution is -2.27. The van der Waals surface area contributed by atoms with Crippen molar-refractivity contribution in [2.75, 3.05) is 40.0 Å². The Morgan fingerprint density at radius 2 is 1.62 bits per heavy atom. The molecule has 0 saturated heterocycles. The minimum atomic E-state index is -0.933. The monoisotopic (exact) mass is 647 g/mol. The molecular formula is C35H41N3O9. The van der Waals surface area contributed by atoms with Gasteiger partial charge in [0, 0.05) is 25.3 Å². The van der Waals surface area contributed by atoms with E-state index in [4.69, 9.17) is 18.9 Å². The van der Waals surface area contributed by atoms with Crippen molar-refractivity contribution in [2.24, 2.45) is 0 Å². The van der Waals surface area contributed by atoms with Crippen molar-refractivity contribution in [3.8, 4) is 22.6 Å². The Bertz CT molecular complexity index is 1530. The summed E-state index contributed by atoms with van der Waals surface area (Å²) >= 11 is 0. The van der Waals surface area contributed by atoms with Gasteiger partial charge >= 0.3 is 11.9 Å². The third-order valence-electron chi connectivity index (χ3n) is 7.81. The summed E-state index contributed by atoms with van der Waals surface area (Å²) in [7, 11) is 1.40. The Kier molecular flexibility index (Phi) is 12.7. The third-order valence-corrected chi connectivity index (χ3v) is 7.81. The predicted molar refractivity (Wildman–Crippen MR) is 174 cm³/mol. The van der Waals surface area contributed by atoms with Crippen LogP contribution in [0.5, 0.6) is 11.5 Å². The van der Waals surface area contributed by atoms with Crippen LogP contribution < -0.4 is 20.1 Å². The number of carbonyl (C=O) groups is 3. The fraction of sp³-hybridized carbons (Fsp3) is 0.400. The standard InChI is InChI=1S/C35H41N3O9/c1-4-37-33(39)15-10-18-45-32-20-30(38(42)43)28(19-31(32)44-3)23(2)47-34(40)16-9-17-36-21-35(41)46-22-29-26-13-7-5-11-24(26)25-12-6-8-14-27(25)29/h5-8,11-14,19-20,23,29,36H,4,9-10,15-18,21-22H2,1-3H3,(H,37,39). The Labute approximate surface area is 273 Å². The van der Waals surface area contributed by atoms with Crippen LogP contribution in [-0.4, -0.2) is 62.7 Å². The number of nitro benzene ring substituents is 1. The molecular weight excluding hydrogens is 606 g/mol. The average Bonchev–Trinajstić information content (AvgIpc) is 3.38. The van der Waals surface area contributed by atoms with Crippen molar-refractivity contribution in [3.05, 3.63) is 87.5 Å². The fourth-order valence-electron chi connectivity index (χ4n) is 5.56. The summed E-state index contributed by atoms with van der Waals surface area (Å²) in [6.07, 6.45) is 0.168. The van der Waals surface area contributed by atoms with Crippen LogP contribution in [0.15, 0.2) is 60.7 Å². The number of hydrogen-bond acceptors (Lipinski definition) is 10. The van der Waals surface area contributed by atoms with E-state index in [1.807, 2.05) is 31.2 Å². The molecule has 3 aromatic rings. The molecule has 1 amide bonds. The van der Waals surface area contributed by atoms with Crippen LogP contribution in [0.25, 0.3) is 11.1 Å². The Hall–Kier alpha value is -4.97. The molecule has 0 spiro atoms. The van der Waals surface area contributed by atoms with E-state index in [0.29, 0.717) is 25.9 Å². The van der Waals surface area contributed by atoms with Gasteiger partial charge in [0.05, 0.1) is 36.8 Å². The van der Waals surface area contributed by atoms with Crippen LogP contribution in [0.3, 0.4) is 0 Å². The molecule has 1 unspecified atom stereocenters. The molecule has 47 heavy (non-hydrogen) atoms. The number of carbonyl (C=O) groups excluding carboxylic acids is 3. The molecule has 0 bridgehead atoms. The van der Waals surface area contributed by atoms with Crippen molar-refractivity contribution < 1.29 is 38.3 Å². The molecule has 1 atom stereocenters. The number of nitro groups is 1. The van der Waals surface area contributed by atoms with Crippen LogP contribution in [0.2, 0.25) is 0 Å². The smallest absolute Gasteiger partial charge is 0.319 e. The largest absolute Gasteiger partial charge is 0.493 e. The van der Waals surface area contributed by atoms with Crippen LogP contribution in [0, 0.1) is 10.1 Å². The number of methoxy groups -OCH3 is 1. The number of hydrogen-bond donors (Lipinski definition) is 2. The van der Waals surface area contributed by atoms with E-state index in [1.54, 1.807) is 6.92 Å². The van der Waals surface area contributed by atoms with Gasteiger partial charge in [0.15, 0.2) is 11.5 Å². The van der Waals surface area contributed by atoms with E-state index < -0.39 is 23.0 Å². The molecule has 0 radical (unpaired) electrons. The van der Waals surface area contributed by atoms with E-state index in [9.17, 15) is 24.5 Å². The molecule has 1 aliphatic rings. The molecule has 4 rings (SSSR count). The first-order chi connectivity index (χ1) is 22.7. The number of fused-ring (bicyclic) bond motifs is 3. The van der Waals surface area contributed by atoms with Gasteiger partial charge in [-0.1, -0.05) is 48.5 Å². The zero-order chi connectivity index (χ0) is 33.8. The minimum absolute atomic E-state index is 0.00614. The summed E-state index contributed by atoms with van der Waals surface area (Å²) in [5.74, 6) is -0.666. The topological polar surface area (TPSA) is 155 Å². The molecule has 250 valence electrons. The van der Waals surface area contributed by atoms with Crippen molar-refractivity contribution in [3.63, 3.8) is 0 Å². The summed E-state index contributed by atoms with van der Waals surface area (Å²) in [4.78, 5) is 47.9. The van der Waals surface area contributed by atoms with Gasteiger partial charge in [0.25, 0.3) is 5.69 Å². The van der Waals surface area contributed by atoms with Gasteiger partial charge in [-0.05, 0) is 61.6 Å². The Morgan fingerprint density at radius 3 is 2.26 bits per heavy atom. The minimum Gasteiger partial charge on any atom is -0.493 e. The lowest BCUT2D eigenvalue weighted by Gasteiger charge is -2.17. The predicted octanol–water partition coefficient (Wildman–Crippen LogP) is 5.23. The maximum Gasteiger partial charge on any atom is 0.319 e. The van der Waals surface area contributed by atoms with E-state index in [0.717, 1.165) is 22.3 Å². The van der Waals surface area contributed by atoms with Gasteiger partial charge in [-0.15, -0.1) is 0 Å². The molecule has 3 aromatic carbocycles. The number of nitrogens with one attached hydrogen (secondary N) is 2. The number of ether oxygens (including phenoxy) is 4. The van der Waals surface area contributed by atoms with Gasteiger partial charge in [-0.2, -0.15) is 0 Å². The van der Waals surface area contributed by atoms with E-state index >= 15 is 0 Å². The fourth-order valence-corrected chi connectivity index (χ4v) is 5.56. The van der Waals surface area contributed by atoms with Crippen molar-refractivity contribution in [1.82, 2.24) is 10.6 Å². The molecule has 0 saturated carbocycles. The number of benzene rings is 3. The molecule has 12 nitrogen and oxygen atoms in total. The van der Waals surface area contributed by atoms with E-state index in [1.165, 1.54) is 19.2 Å². The average molecular weight is 648 g/mol. The van der Waals surface area contributed by atoms with Gasteiger partial charge in [-0.25, -0.2) is 0 Å². The van der Waals surface area contributed by atoms with Crippen LogP contribution in [-0.2, 0) is 23.9 Å². The van der Waals surface area contributed by atoms with Crippen molar-refractivity contribution in [2.45, 2.75) is 51.6 Å². The van der Waals surface area contributed by atoms with Gasteiger partial charge in [0.2, 0.25) is 5.91 Å². The third kappa shape index (κ3) is 9.29. The molecule has 2 N–H and O–H groups in total. The summed E-state index contributed by atoms with van der Waals surface area (Å²) in [5, 5.41) is 17.5. The maximum absolute atomic E-state index is 12.6. The summed E-state index contributed by atoms with van der Waals surface area (Å²) in [6, 6.07) is 18.9. The lowest BCUT2D eigenvalue weighted by atomic mass is 9.98. The molecule has 12 heteroatoms. The van der Waals surface area contributed by atoms with Gasteiger partial charge in [0.1, 0.15) is 12.7 Å². The van der Waals surface area contributed by atoms with Gasteiger partial charge < -0.3 is 29.6 Å². The highest BCUT2D eigenvalue weighted by molar-refractivity contribution is 5.79. The zero-order valence-electron chi connectivity index (χ0n) is 26.9. The SMILES string of the molecule is CCNC(=O)CCCOc1cc([N+](=O)[O-])c(C(C)OC(=O)CCCNCC(=O)OCC2c3ccccc3-c3ccccc32)cc1OC. The second-order valence-corrected chi connectivity index (χ2v) is 11.0. The second kappa shape index (κ2) is 17.1. The molecule has 0 aliphatic heterocycles. The van der Waals surface area contributed by atoms with Crippen LogP contribution in [0.1, 0.15) is 68.2 Å². The summed E-state index contributed by atoms with van der Waals surface area (Å²) in [5.41, 5.74) is 4.46. The van der Waals surface area contributed by atoms with Crippen molar-refractivity contribution >= 4 is 23.5 Å². The number of nitrogens with zero attached hydrogens (tertiary/aromatic N) is 1. The molecule has 1 aliphatic carbocycles. The second-order valence-electron chi connectivity index (χ2n) is 11.0. The molecule has 0 heterocycles. The van der Waals surface area contributed by atoms with Gasteiger partial charge in [-0.3, -0.25) is 24.5 Å². The highest BCUT2D eigenvalue weighted by Crippen LogP contribution is 2.44. The van der Waals surface area contributed by atoms with Crippen LogP contribution in [0.4, 0.5) is 5.69 Å². The lowest BCUT2D eigenvalue weighted by molar-refractivity contribution is -0.386. The highest BCUT2D eigenvalue weighted by atomic mass is 16.6. The Morgan fingerprint density at radius 1 is 0.936 bits per heavy atom. The first kappa shape index (κ1) is 34.9. The van der Waals surface area contributed by atoms with E-state index in [-0.39, 0.29) is 67.2 Å². The van der Waals surface area contributed by atoms with E-state index in [2.05, 4.69) is 34.9 Å². The first-order valence-corrected chi connectivity index (χ1v) is 15.7. The first-order valence-electron chi connectivity index (χ1n) is 15.7. The molecule has 0 fully saturated rings. The zero-order valence-corrected chi connectivity index (χ0v) is 26.9. The maximum atomic E-state index is 12.6. The van der Waals surface area contributed by atoms with Crippen LogP contribution >= 0.6 is 0 Å². The number of esters is 2. The summed E-state index contributed by atoms with van der Waals surface area (Å²) in [6.45, 7) is 4.66.